The number of rotatable bonds is 4. The fourth-order valence-corrected chi connectivity index (χ4v) is 3.70. The van der Waals surface area contributed by atoms with Crippen LogP contribution in [0.4, 0.5) is 0 Å². The summed E-state index contributed by atoms with van der Waals surface area (Å²) in [6, 6.07) is 20.3. The van der Waals surface area contributed by atoms with Gasteiger partial charge >= 0.3 is 0 Å². The molecule has 2 bridgehead atoms. The van der Waals surface area contributed by atoms with Gasteiger partial charge in [0.2, 0.25) is 5.91 Å². The highest BCUT2D eigenvalue weighted by Crippen LogP contribution is 2.16. The average Bonchev–Trinajstić information content (AvgIpc) is 3.19. The van der Waals surface area contributed by atoms with Crippen LogP contribution in [0.5, 0.6) is 0 Å². The average molecular weight is 390 g/mol. The SMILES string of the molecule is O=C1N[C@H](Cc2ccccc2)COCc2cn(nn2)CC[C@H]1Cc1ccccc1. The maximum Gasteiger partial charge on any atom is 0.223 e. The second kappa shape index (κ2) is 9.47. The van der Waals surface area contributed by atoms with Gasteiger partial charge < -0.3 is 10.1 Å². The molecule has 0 radical (unpaired) electrons. The minimum absolute atomic E-state index is 0.0688. The zero-order chi connectivity index (χ0) is 19.9. The van der Waals surface area contributed by atoms with E-state index in [9.17, 15) is 4.79 Å². The van der Waals surface area contributed by atoms with Crippen molar-refractivity contribution in [3.63, 3.8) is 0 Å². The lowest BCUT2D eigenvalue weighted by Gasteiger charge is -2.23. The molecule has 6 heteroatoms. The number of nitrogens with one attached hydrogen (secondary N) is 1. The predicted molar refractivity (Wildman–Crippen MR) is 110 cm³/mol. The van der Waals surface area contributed by atoms with Gasteiger partial charge in [-0.15, -0.1) is 5.10 Å². The van der Waals surface area contributed by atoms with Gasteiger partial charge in [0.05, 0.1) is 25.5 Å². The minimum Gasteiger partial charge on any atom is -0.373 e. The van der Waals surface area contributed by atoms with E-state index in [0.717, 1.165) is 17.7 Å². The molecular weight excluding hydrogens is 364 g/mol. The van der Waals surface area contributed by atoms with Crippen molar-refractivity contribution in [1.29, 1.82) is 0 Å². The number of hydrogen-bond donors (Lipinski definition) is 1. The fourth-order valence-electron chi connectivity index (χ4n) is 3.70. The zero-order valence-corrected chi connectivity index (χ0v) is 16.4. The maximum absolute atomic E-state index is 13.2. The van der Waals surface area contributed by atoms with E-state index in [1.807, 2.05) is 42.6 Å². The standard InChI is InChI=1S/C23H26N4O2/c28-23-20(13-18-7-3-1-4-8-18)11-12-27-15-22(25-26-27)17-29-16-21(24-23)14-19-9-5-2-6-10-19/h1-10,15,20-21H,11-14,16-17H2,(H,24,28)/t20-,21+/m0/s1. The van der Waals surface area contributed by atoms with E-state index in [1.165, 1.54) is 5.56 Å². The van der Waals surface area contributed by atoms with E-state index < -0.39 is 0 Å². The highest BCUT2D eigenvalue weighted by atomic mass is 16.5. The summed E-state index contributed by atoms with van der Waals surface area (Å²) in [5.74, 6) is -0.0675. The molecule has 0 fully saturated rings. The molecule has 2 atom stereocenters. The first-order valence-corrected chi connectivity index (χ1v) is 10.1. The normalized spacial score (nSPS) is 20.3. The first-order chi connectivity index (χ1) is 14.3. The lowest BCUT2D eigenvalue weighted by Crippen LogP contribution is -2.43. The topological polar surface area (TPSA) is 69.0 Å². The molecule has 150 valence electrons. The lowest BCUT2D eigenvalue weighted by molar-refractivity contribution is -0.126. The van der Waals surface area contributed by atoms with Gasteiger partial charge in [-0.05, 0) is 30.4 Å². The molecule has 0 unspecified atom stereocenters. The molecule has 0 saturated heterocycles. The summed E-state index contributed by atoms with van der Waals surface area (Å²) < 4.78 is 7.66. The van der Waals surface area contributed by atoms with Gasteiger partial charge in [-0.3, -0.25) is 9.48 Å². The molecule has 0 aliphatic carbocycles. The van der Waals surface area contributed by atoms with Crippen LogP contribution in [0.2, 0.25) is 0 Å². The Morgan fingerprint density at radius 2 is 1.69 bits per heavy atom. The number of amides is 1. The Kier molecular flexibility index (Phi) is 6.32. The first kappa shape index (κ1) is 19.3. The van der Waals surface area contributed by atoms with E-state index in [1.54, 1.807) is 4.68 Å². The van der Waals surface area contributed by atoms with Gasteiger partial charge in [-0.1, -0.05) is 65.9 Å². The Morgan fingerprint density at radius 3 is 2.41 bits per heavy atom. The highest BCUT2D eigenvalue weighted by Gasteiger charge is 2.23. The second-order valence-electron chi connectivity index (χ2n) is 7.56. The Labute approximate surface area is 170 Å². The number of carbonyl (C=O) groups excluding carboxylic acids is 1. The number of benzene rings is 2. The van der Waals surface area contributed by atoms with Crippen molar-refractivity contribution in [2.24, 2.45) is 5.92 Å². The molecule has 29 heavy (non-hydrogen) atoms. The molecule has 2 aromatic carbocycles. The van der Waals surface area contributed by atoms with Crippen LogP contribution in [0.1, 0.15) is 23.2 Å². The zero-order valence-electron chi connectivity index (χ0n) is 16.4. The van der Waals surface area contributed by atoms with Crippen LogP contribution < -0.4 is 5.32 Å². The Morgan fingerprint density at radius 1 is 1.00 bits per heavy atom. The summed E-state index contributed by atoms with van der Waals surface area (Å²) in [6.45, 7) is 1.49. The number of aryl methyl sites for hydroxylation is 1. The van der Waals surface area contributed by atoms with Crippen molar-refractivity contribution in [3.8, 4) is 0 Å². The molecule has 3 aromatic rings. The summed E-state index contributed by atoms with van der Waals surface area (Å²) in [4.78, 5) is 13.2. The molecule has 4 rings (SSSR count). The second-order valence-corrected chi connectivity index (χ2v) is 7.56. The van der Waals surface area contributed by atoms with Gasteiger partial charge in [0.1, 0.15) is 5.69 Å². The Hall–Kier alpha value is -2.99. The fraction of sp³-hybridized carbons (Fsp3) is 0.348. The molecule has 1 N–H and O–H groups in total. The predicted octanol–water partition coefficient (Wildman–Crippen LogP) is 2.78. The maximum atomic E-state index is 13.2. The quantitative estimate of drug-likeness (QED) is 0.744. The van der Waals surface area contributed by atoms with Crippen LogP contribution >= 0.6 is 0 Å². The minimum atomic E-state index is -0.136. The number of carbonyl (C=O) groups is 1. The Bertz CT molecular complexity index is 911. The Balaban J connectivity index is 1.53. The number of aromatic nitrogens is 3. The van der Waals surface area contributed by atoms with Crippen molar-refractivity contribution < 1.29 is 9.53 Å². The van der Waals surface area contributed by atoms with E-state index in [4.69, 9.17) is 4.74 Å². The van der Waals surface area contributed by atoms with Crippen molar-refractivity contribution in [2.45, 2.75) is 38.5 Å². The molecule has 1 aromatic heterocycles. The van der Waals surface area contributed by atoms with Crippen LogP contribution in [-0.4, -0.2) is 33.5 Å². The number of hydrogen-bond acceptors (Lipinski definition) is 4. The van der Waals surface area contributed by atoms with E-state index in [-0.39, 0.29) is 17.9 Å². The van der Waals surface area contributed by atoms with E-state index in [2.05, 4.69) is 39.9 Å². The smallest absolute Gasteiger partial charge is 0.223 e. The summed E-state index contributed by atoms with van der Waals surface area (Å²) in [6.07, 6.45) is 4.05. The van der Waals surface area contributed by atoms with E-state index in [0.29, 0.717) is 32.6 Å². The third-order valence-corrected chi connectivity index (χ3v) is 5.23. The third-order valence-electron chi connectivity index (χ3n) is 5.23. The van der Waals surface area contributed by atoms with Crippen LogP contribution in [-0.2, 0) is 35.5 Å². The largest absolute Gasteiger partial charge is 0.373 e. The van der Waals surface area contributed by atoms with Gasteiger partial charge in [0.25, 0.3) is 0 Å². The van der Waals surface area contributed by atoms with Crippen LogP contribution in [0, 0.1) is 5.92 Å². The summed E-state index contributed by atoms with van der Waals surface area (Å²) in [5.41, 5.74) is 3.16. The van der Waals surface area contributed by atoms with Gasteiger partial charge in [-0.2, -0.15) is 0 Å². The summed E-state index contributed by atoms with van der Waals surface area (Å²) in [5, 5.41) is 11.6. The molecular formula is C23H26N4O2. The summed E-state index contributed by atoms with van der Waals surface area (Å²) in [7, 11) is 0. The first-order valence-electron chi connectivity index (χ1n) is 10.1. The molecule has 6 nitrogen and oxygen atoms in total. The highest BCUT2D eigenvalue weighted by molar-refractivity contribution is 5.79. The molecule has 2 heterocycles. The molecule has 0 spiro atoms. The summed E-state index contributed by atoms with van der Waals surface area (Å²) >= 11 is 0. The van der Waals surface area contributed by atoms with Crippen molar-refractivity contribution in [2.75, 3.05) is 6.61 Å². The van der Waals surface area contributed by atoms with Gasteiger partial charge in [-0.25, -0.2) is 0 Å². The van der Waals surface area contributed by atoms with Crippen molar-refractivity contribution in [3.05, 3.63) is 83.7 Å². The van der Waals surface area contributed by atoms with Crippen LogP contribution in [0.3, 0.4) is 0 Å². The lowest BCUT2D eigenvalue weighted by atomic mass is 9.94. The van der Waals surface area contributed by atoms with E-state index >= 15 is 0 Å². The third kappa shape index (κ3) is 5.51. The van der Waals surface area contributed by atoms with Crippen molar-refractivity contribution >= 4 is 5.91 Å². The van der Waals surface area contributed by atoms with Gasteiger partial charge in [0.15, 0.2) is 0 Å². The van der Waals surface area contributed by atoms with Crippen LogP contribution in [0.25, 0.3) is 0 Å². The molecule has 1 aliphatic rings. The van der Waals surface area contributed by atoms with Gasteiger partial charge in [0, 0.05) is 12.5 Å². The molecule has 1 amide bonds. The van der Waals surface area contributed by atoms with Crippen molar-refractivity contribution in [1.82, 2.24) is 20.3 Å². The number of fused-ring (bicyclic) bond motifs is 2. The number of ether oxygens (including phenoxy) is 1. The monoisotopic (exact) mass is 390 g/mol. The molecule has 0 saturated carbocycles. The van der Waals surface area contributed by atoms with Crippen LogP contribution in [0.15, 0.2) is 66.9 Å². The molecule has 1 aliphatic heterocycles. The number of nitrogens with zero attached hydrogens (tertiary/aromatic N) is 3.